The minimum Gasteiger partial charge on any atom is -0.409 e. The lowest BCUT2D eigenvalue weighted by Crippen LogP contribution is -2.15. The van der Waals surface area contributed by atoms with Crippen LogP contribution in [0.3, 0.4) is 0 Å². The van der Waals surface area contributed by atoms with Crippen LogP contribution in [0.15, 0.2) is 26.9 Å². The maximum Gasteiger partial charge on any atom is 0.190 e. The van der Waals surface area contributed by atoms with Crippen LogP contribution in [0, 0.1) is 6.92 Å². The molecule has 0 aliphatic carbocycles. The lowest BCUT2D eigenvalue weighted by atomic mass is 10.4. The Morgan fingerprint density at radius 2 is 2.24 bits per heavy atom. The fraction of sp³-hybridized carbons (Fsp3) is 0.125. The predicted octanol–water partition coefficient (Wildman–Crippen LogP) is 0.882. The van der Waals surface area contributed by atoms with E-state index in [0.29, 0.717) is 10.7 Å². The Bertz CT molecular complexity index is 537. The topological polar surface area (TPSA) is 110 Å². The van der Waals surface area contributed by atoms with Gasteiger partial charge in [0.25, 0.3) is 0 Å². The summed E-state index contributed by atoms with van der Waals surface area (Å²) < 4.78 is 0.799. The lowest BCUT2D eigenvalue weighted by molar-refractivity contribution is 0.318. The molecule has 2 aromatic rings. The Kier molecular flexibility index (Phi) is 3.49. The smallest absolute Gasteiger partial charge is 0.190 e. The zero-order valence-electron chi connectivity index (χ0n) is 8.73. The fourth-order valence-corrected chi connectivity index (χ4v) is 2.63. The summed E-state index contributed by atoms with van der Waals surface area (Å²) in [5.41, 5.74) is 5.69. The maximum absolute atomic E-state index is 8.47. The second kappa shape index (κ2) is 5.06. The molecular weight excluding hydrogens is 260 g/mol. The molecule has 0 amide bonds. The van der Waals surface area contributed by atoms with Gasteiger partial charge in [0.2, 0.25) is 0 Å². The maximum atomic E-state index is 8.47. The van der Waals surface area contributed by atoms with Crippen molar-refractivity contribution in [3.05, 3.63) is 23.1 Å². The van der Waals surface area contributed by atoms with Crippen molar-refractivity contribution in [1.82, 2.24) is 20.2 Å². The van der Waals surface area contributed by atoms with E-state index in [0.717, 1.165) is 9.35 Å². The van der Waals surface area contributed by atoms with E-state index in [-0.39, 0.29) is 5.84 Å². The summed E-state index contributed by atoms with van der Waals surface area (Å²) in [7, 11) is 0. The number of aryl methyl sites for hydroxylation is 1. The van der Waals surface area contributed by atoms with Gasteiger partial charge in [0.05, 0.1) is 12.4 Å². The predicted molar refractivity (Wildman–Crippen MR) is 63.3 cm³/mol. The number of hydrogen-bond acceptors (Lipinski definition) is 8. The molecule has 0 aliphatic heterocycles. The zero-order valence-corrected chi connectivity index (χ0v) is 10.4. The Morgan fingerprint density at radius 3 is 2.76 bits per heavy atom. The lowest BCUT2D eigenvalue weighted by Gasteiger charge is -1.98. The standard InChI is InChI=1S/C8H8N6OS2/c1-4-12-13-8(16-4)17-6-3-10-5(2-11-6)7(9)14-15/h2-3,15H,1H3,(H2,9,14). The van der Waals surface area contributed by atoms with Gasteiger partial charge in [0.15, 0.2) is 10.2 Å². The van der Waals surface area contributed by atoms with Gasteiger partial charge in [-0.15, -0.1) is 10.2 Å². The van der Waals surface area contributed by atoms with Crippen LogP contribution >= 0.6 is 23.1 Å². The van der Waals surface area contributed by atoms with E-state index in [1.54, 1.807) is 0 Å². The third-order valence-corrected chi connectivity index (χ3v) is 3.51. The monoisotopic (exact) mass is 268 g/mol. The van der Waals surface area contributed by atoms with Gasteiger partial charge < -0.3 is 10.9 Å². The molecule has 0 radical (unpaired) electrons. The van der Waals surface area contributed by atoms with E-state index in [2.05, 4.69) is 25.3 Å². The Morgan fingerprint density at radius 1 is 1.41 bits per heavy atom. The van der Waals surface area contributed by atoms with Crippen molar-refractivity contribution >= 4 is 28.9 Å². The SMILES string of the molecule is Cc1nnc(Sc2cnc(C(N)=NO)cn2)s1. The highest BCUT2D eigenvalue weighted by molar-refractivity contribution is 8.01. The van der Waals surface area contributed by atoms with Gasteiger partial charge in [0, 0.05) is 0 Å². The Balaban J connectivity index is 2.13. The van der Waals surface area contributed by atoms with E-state index in [4.69, 9.17) is 10.9 Å². The van der Waals surface area contributed by atoms with Crippen molar-refractivity contribution in [2.45, 2.75) is 16.3 Å². The summed E-state index contributed by atoms with van der Waals surface area (Å²) in [6, 6.07) is 0. The van der Waals surface area contributed by atoms with Crippen molar-refractivity contribution in [2.75, 3.05) is 0 Å². The van der Waals surface area contributed by atoms with Crippen molar-refractivity contribution < 1.29 is 5.21 Å². The molecule has 9 heteroatoms. The van der Waals surface area contributed by atoms with Gasteiger partial charge in [-0.25, -0.2) is 9.97 Å². The highest BCUT2D eigenvalue weighted by Gasteiger charge is 2.06. The van der Waals surface area contributed by atoms with Gasteiger partial charge in [-0.1, -0.05) is 16.5 Å². The number of nitrogens with two attached hydrogens (primary N) is 1. The molecular formula is C8H8N6OS2. The molecule has 0 unspecified atom stereocenters. The van der Waals surface area contributed by atoms with Crippen LogP contribution in [-0.4, -0.2) is 31.2 Å². The highest BCUT2D eigenvalue weighted by Crippen LogP contribution is 2.27. The molecule has 2 rings (SSSR count). The minimum absolute atomic E-state index is 0.0687. The van der Waals surface area contributed by atoms with Crippen LogP contribution < -0.4 is 5.73 Å². The summed E-state index contributed by atoms with van der Waals surface area (Å²) in [6.45, 7) is 1.88. The first-order chi connectivity index (χ1) is 8.19. The van der Waals surface area contributed by atoms with Gasteiger partial charge in [-0.2, -0.15) is 0 Å². The molecule has 3 N–H and O–H groups in total. The molecule has 0 aromatic carbocycles. The summed E-state index contributed by atoms with van der Waals surface area (Å²) in [5.74, 6) is -0.0687. The molecule has 0 spiro atoms. The Hall–Kier alpha value is -1.74. The van der Waals surface area contributed by atoms with Crippen molar-refractivity contribution in [1.29, 1.82) is 0 Å². The Labute approximate surface area is 105 Å². The average molecular weight is 268 g/mol. The first kappa shape index (κ1) is 11.7. The number of amidine groups is 1. The molecule has 0 atom stereocenters. The van der Waals surface area contributed by atoms with E-state index in [9.17, 15) is 0 Å². The third kappa shape index (κ3) is 2.88. The van der Waals surface area contributed by atoms with Crippen LogP contribution in [-0.2, 0) is 0 Å². The van der Waals surface area contributed by atoms with E-state index in [1.165, 1.54) is 35.5 Å². The number of oxime groups is 1. The average Bonchev–Trinajstić information content (AvgIpc) is 2.75. The molecule has 0 aliphatic rings. The number of hydrogen-bond donors (Lipinski definition) is 2. The summed E-state index contributed by atoms with van der Waals surface area (Å²) >= 11 is 2.85. The van der Waals surface area contributed by atoms with Crippen molar-refractivity contribution in [2.24, 2.45) is 10.9 Å². The van der Waals surface area contributed by atoms with Crippen LogP contribution in [0.5, 0.6) is 0 Å². The van der Waals surface area contributed by atoms with Crippen LogP contribution in [0.2, 0.25) is 0 Å². The van der Waals surface area contributed by atoms with E-state index < -0.39 is 0 Å². The minimum atomic E-state index is -0.0687. The number of aromatic nitrogens is 4. The summed E-state index contributed by atoms with van der Waals surface area (Å²) in [4.78, 5) is 8.13. The third-order valence-electron chi connectivity index (χ3n) is 1.70. The van der Waals surface area contributed by atoms with E-state index in [1.807, 2.05) is 6.92 Å². The second-order valence-electron chi connectivity index (χ2n) is 2.91. The molecule has 2 heterocycles. The van der Waals surface area contributed by atoms with Crippen molar-refractivity contribution in [3.8, 4) is 0 Å². The van der Waals surface area contributed by atoms with E-state index >= 15 is 0 Å². The molecule has 2 aromatic heterocycles. The van der Waals surface area contributed by atoms with Crippen LogP contribution in [0.25, 0.3) is 0 Å². The van der Waals surface area contributed by atoms with Gasteiger partial charge in [0.1, 0.15) is 15.7 Å². The van der Waals surface area contributed by atoms with Crippen LogP contribution in [0.4, 0.5) is 0 Å². The summed E-state index contributed by atoms with van der Waals surface area (Å²) in [5, 5.41) is 20.7. The molecule has 7 nitrogen and oxygen atoms in total. The van der Waals surface area contributed by atoms with Gasteiger partial charge in [-0.3, -0.25) is 0 Å². The second-order valence-corrected chi connectivity index (χ2v) is 5.36. The quantitative estimate of drug-likeness (QED) is 0.368. The molecule has 0 bridgehead atoms. The highest BCUT2D eigenvalue weighted by atomic mass is 32.2. The number of nitrogens with zero attached hydrogens (tertiary/aromatic N) is 5. The molecule has 0 fully saturated rings. The fourth-order valence-electron chi connectivity index (χ4n) is 0.962. The first-order valence-electron chi connectivity index (χ1n) is 4.47. The first-order valence-corrected chi connectivity index (χ1v) is 6.10. The number of rotatable bonds is 3. The molecule has 0 saturated carbocycles. The summed E-state index contributed by atoms with van der Waals surface area (Å²) in [6.07, 6.45) is 2.97. The van der Waals surface area contributed by atoms with Crippen molar-refractivity contribution in [3.63, 3.8) is 0 Å². The molecule has 17 heavy (non-hydrogen) atoms. The molecule has 0 saturated heterocycles. The van der Waals surface area contributed by atoms with Gasteiger partial charge >= 0.3 is 0 Å². The largest absolute Gasteiger partial charge is 0.409 e. The van der Waals surface area contributed by atoms with Gasteiger partial charge in [-0.05, 0) is 18.7 Å². The van der Waals surface area contributed by atoms with Crippen LogP contribution in [0.1, 0.15) is 10.7 Å². The molecule has 88 valence electrons. The zero-order chi connectivity index (χ0) is 12.3. The normalized spacial score (nSPS) is 11.7.